The standard InChI is InChI=1S/C24H27N3O3S/c1-6-21(17-7-9-18(28)10-8-17)26-27-22(15-31-24(27)25-14-16(2)3)20-13-19(29-4)11-12-23(20)30-5/h7-13,15,28H,2,6,14H2,1,3-5H3. The van der Waals surface area contributed by atoms with Crippen LogP contribution in [-0.2, 0) is 0 Å². The van der Waals surface area contributed by atoms with Gasteiger partial charge in [0.15, 0.2) is 0 Å². The van der Waals surface area contributed by atoms with Gasteiger partial charge in [-0.3, -0.25) is 4.99 Å². The van der Waals surface area contributed by atoms with Gasteiger partial charge in [0.25, 0.3) is 0 Å². The van der Waals surface area contributed by atoms with Crippen molar-refractivity contribution in [3.8, 4) is 28.5 Å². The molecule has 0 aliphatic rings. The van der Waals surface area contributed by atoms with Crippen LogP contribution in [0.1, 0.15) is 25.8 Å². The summed E-state index contributed by atoms with van der Waals surface area (Å²) in [5.41, 5.74) is 4.50. The predicted molar refractivity (Wildman–Crippen MR) is 126 cm³/mol. The van der Waals surface area contributed by atoms with Crippen LogP contribution in [0.2, 0.25) is 0 Å². The Labute approximate surface area is 186 Å². The number of thiazole rings is 1. The quantitative estimate of drug-likeness (QED) is 0.395. The minimum Gasteiger partial charge on any atom is -0.508 e. The molecule has 1 heterocycles. The van der Waals surface area contributed by atoms with Crippen LogP contribution in [0.4, 0.5) is 0 Å². The van der Waals surface area contributed by atoms with Crippen LogP contribution in [0.3, 0.4) is 0 Å². The highest BCUT2D eigenvalue weighted by Crippen LogP contribution is 2.34. The SMILES string of the molecule is C=C(C)CN=c1scc(-c2cc(OC)ccc2OC)n1N=C(CC)c1ccc(O)cc1. The number of phenols is 1. The summed E-state index contributed by atoms with van der Waals surface area (Å²) in [4.78, 5) is 5.46. The lowest BCUT2D eigenvalue weighted by atomic mass is 10.1. The molecule has 3 rings (SSSR count). The molecule has 3 aromatic rings. The summed E-state index contributed by atoms with van der Waals surface area (Å²) in [6.07, 6.45) is 0.711. The Morgan fingerprint density at radius 1 is 1.13 bits per heavy atom. The highest BCUT2D eigenvalue weighted by atomic mass is 32.1. The van der Waals surface area contributed by atoms with Gasteiger partial charge in [-0.1, -0.05) is 19.1 Å². The lowest BCUT2D eigenvalue weighted by Crippen LogP contribution is -2.16. The number of rotatable bonds is 8. The molecule has 162 valence electrons. The minimum absolute atomic E-state index is 0.223. The molecule has 0 radical (unpaired) electrons. The number of benzene rings is 2. The van der Waals surface area contributed by atoms with Crippen molar-refractivity contribution >= 4 is 17.0 Å². The Kier molecular flexibility index (Phi) is 7.31. The molecule has 0 spiro atoms. The minimum atomic E-state index is 0.223. The van der Waals surface area contributed by atoms with Gasteiger partial charge < -0.3 is 14.6 Å². The number of aromatic hydroxyl groups is 1. The third-order valence-electron chi connectivity index (χ3n) is 4.61. The van der Waals surface area contributed by atoms with Gasteiger partial charge in [-0.25, -0.2) is 4.68 Å². The second kappa shape index (κ2) is 10.1. The van der Waals surface area contributed by atoms with Gasteiger partial charge in [0.2, 0.25) is 4.80 Å². The van der Waals surface area contributed by atoms with E-state index in [1.165, 1.54) is 11.3 Å². The molecule has 2 aromatic carbocycles. The van der Waals surface area contributed by atoms with E-state index < -0.39 is 0 Å². The molecule has 0 saturated heterocycles. The molecule has 0 aliphatic carbocycles. The van der Waals surface area contributed by atoms with Crippen molar-refractivity contribution < 1.29 is 14.6 Å². The number of phenolic OH excluding ortho intramolecular Hbond substituents is 1. The van der Waals surface area contributed by atoms with E-state index in [1.54, 1.807) is 26.4 Å². The van der Waals surface area contributed by atoms with E-state index in [0.717, 1.165) is 44.4 Å². The highest BCUT2D eigenvalue weighted by molar-refractivity contribution is 7.07. The van der Waals surface area contributed by atoms with Gasteiger partial charge in [0.05, 0.1) is 32.2 Å². The monoisotopic (exact) mass is 437 g/mol. The fourth-order valence-corrected chi connectivity index (χ4v) is 3.84. The van der Waals surface area contributed by atoms with Gasteiger partial charge >= 0.3 is 0 Å². The number of hydrogen-bond donors (Lipinski definition) is 1. The lowest BCUT2D eigenvalue weighted by Gasteiger charge is -2.12. The molecule has 1 aromatic heterocycles. The van der Waals surface area contributed by atoms with E-state index in [2.05, 4.69) is 13.5 Å². The van der Waals surface area contributed by atoms with E-state index in [0.29, 0.717) is 13.0 Å². The Bertz CT molecular complexity index is 1160. The summed E-state index contributed by atoms with van der Waals surface area (Å²) < 4.78 is 12.9. The first-order valence-electron chi connectivity index (χ1n) is 9.91. The van der Waals surface area contributed by atoms with E-state index in [4.69, 9.17) is 19.6 Å². The molecular formula is C24H27N3O3S. The predicted octanol–water partition coefficient (Wildman–Crippen LogP) is 5.08. The fourth-order valence-electron chi connectivity index (χ4n) is 3.01. The number of methoxy groups -OCH3 is 2. The smallest absolute Gasteiger partial charge is 0.206 e. The van der Waals surface area contributed by atoms with Crippen molar-refractivity contribution in [3.63, 3.8) is 0 Å². The van der Waals surface area contributed by atoms with Crippen LogP contribution in [0, 0.1) is 0 Å². The van der Waals surface area contributed by atoms with Crippen molar-refractivity contribution in [2.24, 2.45) is 10.1 Å². The summed E-state index contributed by atoms with van der Waals surface area (Å²) in [7, 11) is 3.28. The Hall–Kier alpha value is -3.32. The topological polar surface area (TPSA) is 68.3 Å². The number of nitrogens with zero attached hydrogens (tertiary/aromatic N) is 3. The van der Waals surface area contributed by atoms with Crippen LogP contribution in [0.25, 0.3) is 11.3 Å². The highest BCUT2D eigenvalue weighted by Gasteiger charge is 2.15. The zero-order valence-corrected chi connectivity index (χ0v) is 19.1. The van der Waals surface area contributed by atoms with E-state index in [9.17, 15) is 5.11 Å². The average Bonchev–Trinajstić information content (AvgIpc) is 3.18. The van der Waals surface area contributed by atoms with Gasteiger partial charge in [0.1, 0.15) is 17.2 Å². The lowest BCUT2D eigenvalue weighted by molar-refractivity contribution is 0.404. The molecule has 1 N–H and O–H groups in total. The second-order valence-corrected chi connectivity index (χ2v) is 7.84. The molecule has 6 nitrogen and oxygen atoms in total. The summed E-state index contributed by atoms with van der Waals surface area (Å²) in [6, 6.07) is 12.7. The van der Waals surface area contributed by atoms with E-state index >= 15 is 0 Å². The zero-order chi connectivity index (χ0) is 22.4. The second-order valence-electron chi connectivity index (χ2n) is 7.00. The molecule has 0 bridgehead atoms. The first-order valence-corrected chi connectivity index (χ1v) is 10.8. The summed E-state index contributed by atoms with van der Waals surface area (Å²) in [6.45, 7) is 8.47. The number of ether oxygens (including phenoxy) is 2. The molecule has 0 unspecified atom stereocenters. The summed E-state index contributed by atoms with van der Waals surface area (Å²) in [5.74, 6) is 1.67. The van der Waals surface area contributed by atoms with Crippen molar-refractivity contribution in [2.75, 3.05) is 20.8 Å². The van der Waals surface area contributed by atoms with Gasteiger partial charge in [-0.05, 0) is 61.4 Å². The van der Waals surface area contributed by atoms with Crippen LogP contribution < -0.4 is 14.3 Å². The van der Waals surface area contributed by atoms with E-state index in [1.807, 2.05) is 47.3 Å². The Morgan fingerprint density at radius 3 is 2.48 bits per heavy atom. The molecule has 31 heavy (non-hydrogen) atoms. The van der Waals surface area contributed by atoms with Crippen LogP contribution in [0.5, 0.6) is 17.2 Å². The van der Waals surface area contributed by atoms with Crippen LogP contribution in [-0.4, -0.2) is 36.3 Å². The van der Waals surface area contributed by atoms with Crippen LogP contribution in [0.15, 0.2) is 70.1 Å². The average molecular weight is 438 g/mol. The Balaban J connectivity index is 2.24. The maximum atomic E-state index is 9.64. The van der Waals surface area contributed by atoms with Crippen molar-refractivity contribution in [2.45, 2.75) is 20.3 Å². The van der Waals surface area contributed by atoms with Crippen molar-refractivity contribution in [1.82, 2.24) is 4.68 Å². The van der Waals surface area contributed by atoms with Gasteiger partial charge in [-0.2, -0.15) is 5.10 Å². The normalized spacial score (nSPS) is 12.1. The largest absolute Gasteiger partial charge is 0.508 e. The van der Waals surface area contributed by atoms with E-state index in [-0.39, 0.29) is 5.75 Å². The van der Waals surface area contributed by atoms with Crippen molar-refractivity contribution in [1.29, 1.82) is 0 Å². The molecular weight excluding hydrogens is 410 g/mol. The maximum Gasteiger partial charge on any atom is 0.206 e. The molecule has 0 amide bonds. The first-order chi connectivity index (χ1) is 15.0. The molecule has 0 fully saturated rings. The number of aromatic nitrogens is 1. The van der Waals surface area contributed by atoms with Crippen molar-refractivity contribution in [3.05, 3.63) is 70.4 Å². The summed E-state index contributed by atoms with van der Waals surface area (Å²) >= 11 is 1.51. The van der Waals surface area contributed by atoms with Gasteiger partial charge in [-0.15, -0.1) is 11.3 Å². The number of hydrogen-bond acceptors (Lipinski definition) is 6. The molecule has 0 saturated carbocycles. The molecule has 0 atom stereocenters. The third kappa shape index (κ3) is 5.24. The Morgan fingerprint density at radius 2 is 1.87 bits per heavy atom. The van der Waals surface area contributed by atoms with Gasteiger partial charge in [0, 0.05) is 10.9 Å². The third-order valence-corrected chi connectivity index (χ3v) is 5.46. The zero-order valence-electron chi connectivity index (χ0n) is 18.3. The maximum absolute atomic E-state index is 9.64. The summed E-state index contributed by atoms with van der Waals surface area (Å²) in [5, 5.41) is 16.6. The molecule has 0 aliphatic heterocycles. The first kappa shape index (κ1) is 22.4. The molecule has 7 heteroatoms. The van der Waals surface area contributed by atoms with Crippen LogP contribution >= 0.6 is 11.3 Å². The fraction of sp³-hybridized carbons (Fsp3) is 0.250.